The molecule has 38 heavy (non-hydrogen) atoms. The minimum Gasteiger partial charge on any atom is -1.00 e. The van der Waals surface area contributed by atoms with Gasteiger partial charge in [-0.15, -0.1) is 23.1 Å². The van der Waals surface area contributed by atoms with Crippen LogP contribution in [0, 0.1) is 0 Å². The Morgan fingerprint density at radius 2 is 1.55 bits per heavy atom. The number of aromatic nitrogens is 1. The number of rotatable bonds is 9. The van der Waals surface area contributed by atoms with Gasteiger partial charge < -0.3 is 28.7 Å². The highest BCUT2D eigenvalue weighted by molar-refractivity contribution is 8.00. The summed E-state index contributed by atoms with van der Waals surface area (Å²) in [6.07, 6.45) is 3.94. The number of nitrogens with zero attached hydrogens (tertiary/aromatic N) is 1. The Hall–Kier alpha value is -3.01. The van der Waals surface area contributed by atoms with Gasteiger partial charge in [0.25, 0.3) is 0 Å². The van der Waals surface area contributed by atoms with Crippen LogP contribution >= 0.6 is 23.1 Å². The predicted octanol–water partition coefficient (Wildman–Crippen LogP) is 3.81. The topological polar surface area (TPSA) is 47.3 Å². The summed E-state index contributed by atoms with van der Waals surface area (Å²) in [5.41, 5.74) is 3.39. The molecule has 192 valence electrons. The molecule has 2 heterocycles. The lowest BCUT2D eigenvalue weighted by molar-refractivity contribution is -0.598. The molecule has 0 fully saturated rings. The maximum absolute atomic E-state index is 13.7. The first-order chi connectivity index (χ1) is 18.2. The summed E-state index contributed by atoms with van der Waals surface area (Å²) in [5, 5.41) is 2.42. The van der Waals surface area contributed by atoms with Crippen molar-refractivity contribution in [2.45, 2.75) is 23.3 Å². The second-order valence-electron chi connectivity index (χ2n) is 8.43. The van der Waals surface area contributed by atoms with Gasteiger partial charge in [0, 0.05) is 23.4 Å². The van der Waals surface area contributed by atoms with E-state index < -0.39 is 0 Å². The Morgan fingerprint density at radius 1 is 0.868 bits per heavy atom. The summed E-state index contributed by atoms with van der Waals surface area (Å²) in [6, 6.07) is 29.8. The van der Waals surface area contributed by atoms with Gasteiger partial charge in [-0.05, 0) is 23.3 Å². The first-order valence-electron chi connectivity index (χ1n) is 12.1. The number of halogens is 1. The number of fused-ring (bicyclic) bond motifs is 1. The number of thioether (sulfide) groups is 1. The molecule has 0 saturated heterocycles. The average Bonchev–Trinajstić information content (AvgIpc) is 3.30. The largest absolute Gasteiger partial charge is 1.00 e. The van der Waals surface area contributed by atoms with Crippen LogP contribution in [0.4, 0.5) is 0 Å². The Labute approximate surface area is 247 Å². The Balaban J connectivity index is 0.00000336. The number of ketones is 1. The standard InChI is InChI=1S/C31H26NO3S2.HI/c1-2-35-27(33)20-26-28(32-18-9-4-10-19-32)31(37-30(26)29(34)23-13-5-3-6-14-23)36-21-24-16-11-15-22-12-7-8-17-25(22)24;/h3-19H,2,20-21H2,1H3;1H/q+1;/p-1. The molecular weight excluding hydrogens is 625 g/mol. The summed E-state index contributed by atoms with van der Waals surface area (Å²) in [4.78, 5) is 27.0. The van der Waals surface area contributed by atoms with Gasteiger partial charge in [0.05, 0.1) is 23.5 Å². The SMILES string of the molecule is CCOC(=O)Cc1c(C(=O)c2ccccc2)sc(SCc2cccc3ccccc23)c1-[n+]1ccccc1.[I-]. The van der Waals surface area contributed by atoms with Gasteiger partial charge in [0.1, 0.15) is 4.21 Å². The van der Waals surface area contributed by atoms with E-state index >= 15 is 0 Å². The van der Waals surface area contributed by atoms with Gasteiger partial charge in [-0.1, -0.05) is 78.9 Å². The van der Waals surface area contributed by atoms with Crippen LogP contribution < -0.4 is 28.5 Å². The number of ether oxygens (including phenoxy) is 1. The lowest BCUT2D eigenvalue weighted by Crippen LogP contribution is -3.00. The third-order valence-corrected chi connectivity index (χ3v) is 8.56. The molecule has 0 saturated carbocycles. The van der Waals surface area contributed by atoms with E-state index in [0.29, 0.717) is 22.6 Å². The molecule has 7 heteroatoms. The zero-order chi connectivity index (χ0) is 25.6. The van der Waals surface area contributed by atoms with E-state index in [9.17, 15) is 9.59 Å². The molecule has 4 nitrogen and oxygen atoms in total. The normalized spacial score (nSPS) is 10.7. The minimum atomic E-state index is -0.342. The lowest BCUT2D eigenvalue weighted by Gasteiger charge is -2.07. The first kappa shape index (κ1) is 28.0. The van der Waals surface area contributed by atoms with Crippen molar-refractivity contribution in [3.8, 4) is 5.69 Å². The van der Waals surface area contributed by atoms with Gasteiger partial charge in [-0.3, -0.25) is 9.59 Å². The molecular formula is C31H26INO3S2. The van der Waals surface area contributed by atoms with E-state index in [1.54, 1.807) is 18.7 Å². The molecule has 0 aliphatic rings. The van der Waals surface area contributed by atoms with Crippen molar-refractivity contribution < 1.29 is 42.9 Å². The van der Waals surface area contributed by atoms with Crippen LogP contribution in [0.2, 0.25) is 0 Å². The molecule has 5 aromatic rings. The number of hydrogen-bond acceptors (Lipinski definition) is 5. The molecule has 0 aliphatic carbocycles. The van der Waals surface area contributed by atoms with Crippen molar-refractivity contribution >= 4 is 45.6 Å². The van der Waals surface area contributed by atoms with E-state index in [1.165, 1.54) is 27.7 Å². The van der Waals surface area contributed by atoms with Gasteiger partial charge in [0.15, 0.2) is 12.4 Å². The molecule has 0 aliphatic heterocycles. The highest BCUT2D eigenvalue weighted by atomic mass is 127. The Bertz CT molecular complexity index is 1550. The molecule has 0 radical (unpaired) electrons. The van der Waals surface area contributed by atoms with Crippen LogP contribution in [0.25, 0.3) is 16.5 Å². The van der Waals surface area contributed by atoms with Gasteiger partial charge in [-0.25, -0.2) is 0 Å². The summed E-state index contributed by atoms with van der Waals surface area (Å²) < 4.78 is 8.29. The number of pyridine rings is 1. The minimum absolute atomic E-state index is 0. The lowest BCUT2D eigenvalue weighted by atomic mass is 10.0. The fourth-order valence-electron chi connectivity index (χ4n) is 4.33. The van der Waals surface area contributed by atoms with E-state index in [4.69, 9.17) is 4.74 Å². The van der Waals surface area contributed by atoms with Crippen molar-refractivity contribution in [3.05, 3.63) is 125 Å². The van der Waals surface area contributed by atoms with Crippen molar-refractivity contribution in [1.29, 1.82) is 0 Å². The van der Waals surface area contributed by atoms with E-state index in [1.807, 2.05) is 71.6 Å². The second-order valence-corrected chi connectivity index (χ2v) is 10.7. The van der Waals surface area contributed by atoms with E-state index in [0.717, 1.165) is 15.6 Å². The zero-order valence-corrected chi connectivity index (χ0v) is 24.6. The smallest absolute Gasteiger partial charge is 0.310 e. The average molecular weight is 652 g/mol. The molecule has 0 spiro atoms. The maximum Gasteiger partial charge on any atom is 0.310 e. The summed E-state index contributed by atoms with van der Waals surface area (Å²) >= 11 is 3.14. The van der Waals surface area contributed by atoms with Crippen molar-refractivity contribution in [3.63, 3.8) is 0 Å². The number of esters is 1. The highest BCUT2D eigenvalue weighted by Crippen LogP contribution is 2.40. The highest BCUT2D eigenvalue weighted by Gasteiger charge is 2.31. The van der Waals surface area contributed by atoms with Crippen LogP contribution in [0.1, 0.15) is 33.3 Å². The zero-order valence-electron chi connectivity index (χ0n) is 20.8. The molecule has 0 amide bonds. The molecule has 2 aromatic heterocycles. The number of carbonyl (C=O) groups is 2. The summed E-state index contributed by atoms with van der Waals surface area (Å²) in [5.74, 6) is 0.311. The third kappa shape index (κ3) is 6.17. The number of carbonyl (C=O) groups excluding carboxylic acids is 2. The number of hydrogen-bond donors (Lipinski definition) is 0. The molecule has 3 aromatic carbocycles. The third-order valence-electron chi connectivity index (χ3n) is 6.03. The summed E-state index contributed by atoms with van der Waals surface area (Å²) in [6.45, 7) is 2.08. The summed E-state index contributed by atoms with van der Waals surface area (Å²) in [7, 11) is 0. The molecule has 5 rings (SSSR count). The first-order valence-corrected chi connectivity index (χ1v) is 13.9. The fraction of sp³-hybridized carbons (Fsp3) is 0.129. The van der Waals surface area contributed by atoms with Crippen LogP contribution in [0.15, 0.2) is 108 Å². The second kappa shape index (κ2) is 13.2. The quantitative estimate of drug-likeness (QED) is 0.0801. The predicted molar refractivity (Wildman–Crippen MR) is 150 cm³/mol. The van der Waals surface area contributed by atoms with Crippen LogP contribution in [0.5, 0.6) is 0 Å². The van der Waals surface area contributed by atoms with Gasteiger partial charge >= 0.3 is 5.97 Å². The Morgan fingerprint density at radius 3 is 2.32 bits per heavy atom. The van der Waals surface area contributed by atoms with Crippen molar-refractivity contribution in [1.82, 2.24) is 0 Å². The monoisotopic (exact) mass is 651 g/mol. The van der Waals surface area contributed by atoms with E-state index in [-0.39, 0.29) is 42.2 Å². The van der Waals surface area contributed by atoms with Gasteiger partial charge in [-0.2, -0.15) is 4.57 Å². The Kier molecular flexibility index (Phi) is 9.71. The fourth-order valence-corrected chi connectivity index (χ4v) is 6.91. The number of benzene rings is 3. The number of thiophene rings is 1. The maximum atomic E-state index is 13.7. The molecule has 0 unspecified atom stereocenters. The van der Waals surface area contributed by atoms with Crippen LogP contribution in [-0.2, 0) is 21.7 Å². The van der Waals surface area contributed by atoms with Crippen LogP contribution in [-0.4, -0.2) is 18.4 Å². The van der Waals surface area contributed by atoms with Crippen LogP contribution in [0.3, 0.4) is 0 Å². The van der Waals surface area contributed by atoms with Gasteiger partial charge in [0.2, 0.25) is 11.5 Å². The molecule has 0 atom stereocenters. The van der Waals surface area contributed by atoms with Crippen molar-refractivity contribution in [2.24, 2.45) is 0 Å². The van der Waals surface area contributed by atoms with Crippen molar-refractivity contribution in [2.75, 3.05) is 6.61 Å². The molecule has 0 N–H and O–H groups in total. The molecule has 0 bridgehead atoms. The van der Waals surface area contributed by atoms with E-state index in [2.05, 4.69) is 36.4 Å².